The van der Waals surface area contributed by atoms with E-state index in [1.807, 2.05) is 31.1 Å². The van der Waals surface area contributed by atoms with Gasteiger partial charge in [-0.1, -0.05) is 24.3 Å². The van der Waals surface area contributed by atoms with Crippen LogP contribution in [0.5, 0.6) is 0 Å². The van der Waals surface area contributed by atoms with Crippen molar-refractivity contribution in [2.24, 2.45) is 0 Å². The predicted octanol–water partition coefficient (Wildman–Crippen LogP) is 0.941. The van der Waals surface area contributed by atoms with Gasteiger partial charge in [-0.3, -0.25) is 4.79 Å². The summed E-state index contributed by atoms with van der Waals surface area (Å²) in [6.07, 6.45) is 1.57. The highest BCUT2D eigenvalue weighted by atomic mass is 32.2. The molecule has 0 aliphatic heterocycles. The van der Waals surface area contributed by atoms with E-state index in [0.717, 1.165) is 17.1 Å². The van der Waals surface area contributed by atoms with Crippen LogP contribution in [-0.4, -0.2) is 52.6 Å². The van der Waals surface area contributed by atoms with Gasteiger partial charge in [-0.2, -0.15) is 0 Å². The SMILES string of the molecule is CN(C)c1cccc2c(S(=O)(=O)NCCNC(=O)C=CC(=O)O)cccc12. The molecule has 0 saturated heterocycles. The van der Waals surface area contributed by atoms with Crippen LogP contribution in [0.15, 0.2) is 53.4 Å². The summed E-state index contributed by atoms with van der Waals surface area (Å²) >= 11 is 0. The smallest absolute Gasteiger partial charge is 0.328 e. The number of rotatable bonds is 8. The van der Waals surface area contributed by atoms with E-state index in [2.05, 4.69) is 10.0 Å². The average molecular weight is 391 g/mol. The third-order valence-electron chi connectivity index (χ3n) is 3.72. The second-order valence-corrected chi connectivity index (χ2v) is 7.62. The summed E-state index contributed by atoms with van der Waals surface area (Å²) in [4.78, 5) is 23.8. The van der Waals surface area contributed by atoms with Crippen molar-refractivity contribution in [1.29, 1.82) is 0 Å². The molecule has 0 spiro atoms. The topological polar surface area (TPSA) is 116 Å². The van der Waals surface area contributed by atoms with Crippen LogP contribution < -0.4 is 14.9 Å². The number of amides is 1. The van der Waals surface area contributed by atoms with Gasteiger partial charge in [0.2, 0.25) is 15.9 Å². The largest absolute Gasteiger partial charge is 0.478 e. The van der Waals surface area contributed by atoms with Gasteiger partial charge in [0.05, 0.1) is 4.90 Å². The number of fused-ring (bicyclic) bond motifs is 1. The number of carbonyl (C=O) groups excluding carboxylic acids is 1. The maximum atomic E-state index is 12.7. The Morgan fingerprint density at radius 2 is 1.70 bits per heavy atom. The number of aliphatic carboxylic acids is 1. The van der Waals surface area contributed by atoms with Crippen molar-refractivity contribution < 1.29 is 23.1 Å². The number of benzene rings is 2. The second kappa shape index (κ2) is 8.65. The van der Waals surface area contributed by atoms with E-state index in [1.165, 1.54) is 6.07 Å². The number of carboxylic acids is 1. The lowest BCUT2D eigenvalue weighted by molar-refractivity contribution is -0.131. The Balaban J connectivity index is 2.12. The van der Waals surface area contributed by atoms with Crippen molar-refractivity contribution in [3.05, 3.63) is 48.6 Å². The standard InChI is InChI=1S/C18H21N3O5S/c1-21(2)15-7-3-6-14-13(15)5-4-8-16(14)27(25,26)20-12-11-19-17(22)9-10-18(23)24/h3-10,20H,11-12H2,1-2H3,(H,19,22)(H,23,24). The van der Waals surface area contributed by atoms with E-state index in [1.54, 1.807) is 18.2 Å². The molecule has 1 amide bonds. The minimum Gasteiger partial charge on any atom is -0.478 e. The summed E-state index contributed by atoms with van der Waals surface area (Å²) in [6.45, 7) is -0.00548. The second-order valence-electron chi connectivity index (χ2n) is 5.88. The molecule has 3 N–H and O–H groups in total. The zero-order chi connectivity index (χ0) is 20.0. The zero-order valence-electron chi connectivity index (χ0n) is 15.0. The normalized spacial score (nSPS) is 11.6. The van der Waals surface area contributed by atoms with Crippen LogP contribution in [-0.2, 0) is 19.6 Å². The minimum atomic E-state index is -3.78. The van der Waals surface area contributed by atoms with Gasteiger partial charge in [0, 0.05) is 55.8 Å². The number of nitrogens with one attached hydrogen (secondary N) is 2. The molecule has 0 aliphatic carbocycles. The zero-order valence-corrected chi connectivity index (χ0v) is 15.8. The Kier molecular flexibility index (Phi) is 6.54. The Morgan fingerprint density at radius 3 is 2.37 bits per heavy atom. The third kappa shape index (κ3) is 5.28. The molecule has 8 nitrogen and oxygen atoms in total. The molecule has 0 aliphatic rings. The van der Waals surface area contributed by atoms with Crippen LogP contribution in [0, 0.1) is 0 Å². The molecular weight excluding hydrogens is 370 g/mol. The van der Waals surface area contributed by atoms with Crippen molar-refractivity contribution in [2.45, 2.75) is 4.90 Å². The third-order valence-corrected chi connectivity index (χ3v) is 5.24. The van der Waals surface area contributed by atoms with Gasteiger partial charge in [-0.25, -0.2) is 17.9 Å². The summed E-state index contributed by atoms with van der Waals surface area (Å²) in [5.41, 5.74) is 0.905. The summed E-state index contributed by atoms with van der Waals surface area (Å²) < 4.78 is 27.8. The summed E-state index contributed by atoms with van der Waals surface area (Å²) in [7, 11) is -0.0157. The number of sulfonamides is 1. The van der Waals surface area contributed by atoms with E-state index >= 15 is 0 Å². The molecule has 27 heavy (non-hydrogen) atoms. The van der Waals surface area contributed by atoms with Crippen LogP contribution >= 0.6 is 0 Å². The molecule has 0 saturated carbocycles. The lowest BCUT2D eigenvalue weighted by Crippen LogP contribution is -2.34. The molecule has 0 heterocycles. The van der Waals surface area contributed by atoms with Crippen LogP contribution in [0.25, 0.3) is 10.8 Å². The number of carbonyl (C=O) groups is 2. The van der Waals surface area contributed by atoms with Crippen molar-refractivity contribution in [1.82, 2.24) is 10.0 Å². The van der Waals surface area contributed by atoms with Crippen molar-refractivity contribution in [3.63, 3.8) is 0 Å². The van der Waals surface area contributed by atoms with Gasteiger partial charge in [0.25, 0.3) is 0 Å². The van der Waals surface area contributed by atoms with E-state index in [9.17, 15) is 18.0 Å². The van der Waals surface area contributed by atoms with Gasteiger partial charge in [0.15, 0.2) is 0 Å². The lowest BCUT2D eigenvalue weighted by atomic mass is 10.1. The van der Waals surface area contributed by atoms with E-state index in [0.29, 0.717) is 11.5 Å². The van der Waals surface area contributed by atoms with Gasteiger partial charge in [-0.05, 0) is 12.1 Å². The van der Waals surface area contributed by atoms with E-state index < -0.39 is 21.9 Å². The predicted molar refractivity (Wildman–Crippen MR) is 103 cm³/mol. The molecule has 2 aromatic rings. The summed E-state index contributed by atoms with van der Waals surface area (Å²) in [5.74, 6) is -1.85. The van der Waals surface area contributed by atoms with Crippen molar-refractivity contribution in [2.75, 3.05) is 32.1 Å². The monoisotopic (exact) mass is 391 g/mol. The molecule has 0 atom stereocenters. The first-order valence-electron chi connectivity index (χ1n) is 8.10. The number of carboxylic acid groups (broad SMARTS) is 1. The van der Waals surface area contributed by atoms with Gasteiger partial charge >= 0.3 is 5.97 Å². The Bertz CT molecular complexity index is 984. The molecule has 144 valence electrons. The number of nitrogens with zero attached hydrogens (tertiary/aromatic N) is 1. The van der Waals surface area contributed by atoms with E-state index in [4.69, 9.17) is 5.11 Å². The average Bonchev–Trinajstić information content (AvgIpc) is 2.62. The highest BCUT2D eigenvalue weighted by Gasteiger charge is 2.18. The molecule has 0 fully saturated rings. The molecule has 0 bridgehead atoms. The molecule has 0 unspecified atom stereocenters. The maximum absolute atomic E-state index is 12.7. The Hall–Kier alpha value is -2.91. The summed E-state index contributed by atoms with van der Waals surface area (Å²) in [5, 5.41) is 12.3. The maximum Gasteiger partial charge on any atom is 0.328 e. The van der Waals surface area contributed by atoms with Crippen LogP contribution in [0.2, 0.25) is 0 Å². The van der Waals surface area contributed by atoms with Crippen LogP contribution in [0.1, 0.15) is 0 Å². The quantitative estimate of drug-likeness (QED) is 0.456. The van der Waals surface area contributed by atoms with Crippen LogP contribution in [0.4, 0.5) is 5.69 Å². The first-order valence-corrected chi connectivity index (χ1v) is 9.58. The fourth-order valence-corrected chi connectivity index (χ4v) is 3.80. The van der Waals surface area contributed by atoms with E-state index in [-0.39, 0.29) is 18.0 Å². The molecule has 0 aromatic heterocycles. The number of hydrogen-bond donors (Lipinski definition) is 3. The fraction of sp³-hybridized carbons (Fsp3) is 0.222. The van der Waals surface area contributed by atoms with Gasteiger partial charge < -0.3 is 15.3 Å². The molecule has 2 aromatic carbocycles. The van der Waals surface area contributed by atoms with Crippen LogP contribution in [0.3, 0.4) is 0 Å². The number of anilines is 1. The van der Waals surface area contributed by atoms with Gasteiger partial charge in [0.1, 0.15) is 0 Å². The summed E-state index contributed by atoms with van der Waals surface area (Å²) in [6, 6.07) is 10.5. The first-order chi connectivity index (χ1) is 12.7. The van der Waals surface area contributed by atoms with Crippen molar-refractivity contribution >= 4 is 38.4 Å². The number of hydrogen-bond acceptors (Lipinski definition) is 5. The van der Waals surface area contributed by atoms with Gasteiger partial charge in [-0.15, -0.1) is 0 Å². The molecular formula is C18H21N3O5S. The Labute approximate surface area is 157 Å². The first kappa shape index (κ1) is 20.4. The fourth-order valence-electron chi connectivity index (χ4n) is 2.54. The Morgan fingerprint density at radius 1 is 1.04 bits per heavy atom. The minimum absolute atomic E-state index is 0.0235. The highest BCUT2D eigenvalue weighted by molar-refractivity contribution is 7.89. The molecule has 0 radical (unpaired) electrons. The van der Waals surface area contributed by atoms with Crippen molar-refractivity contribution in [3.8, 4) is 0 Å². The molecule has 9 heteroatoms. The highest BCUT2D eigenvalue weighted by Crippen LogP contribution is 2.29. The molecule has 2 rings (SSSR count). The lowest BCUT2D eigenvalue weighted by Gasteiger charge is -2.17.